The fraction of sp³-hybridized carbons (Fsp3) is 0.750. The number of fused-ring (bicyclic) bond motifs is 5. The molecule has 0 radical (unpaired) electrons. The molecule has 2 saturated carbocycles. The first-order chi connectivity index (χ1) is 12.7. The van der Waals surface area contributed by atoms with Crippen molar-refractivity contribution >= 4 is 11.8 Å². The SMILES string of the molecule is CC(=O)O[C@@H]1CC[C@@]2(C)C(=C(C)C[C@@H]3[C@H]4CC=C(C(C)=O)[C@]4(C)CC[C@H]32)C1. The van der Waals surface area contributed by atoms with Crippen molar-refractivity contribution < 1.29 is 14.3 Å². The molecule has 4 rings (SSSR count). The summed E-state index contributed by atoms with van der Waals surface area (Å²) >= 11 is 0. The van der Waals surface area contributed by atoms with Gasteiger partial charge in [-0.05, 0) is 86.5 Å². The van der Waals surface area contributed by atoms with E-state index in [1.807, 2.05) is 0 Å². The molecular weight excluding hydrogens is 336 g/mol. The Morgan fingerprint density at radius 1 is 1.04 bits per heavy atom. The number of carbonyl (C=O) groups is 2. The van der Waals surface area contributed by atoms with Gasteiger partial charge in [0.25, 0.3) is 0 Å². The lowest BCUT2D eigenvalue weighted by molar-refractivity contribution is -0.148. The minimum atomic E-state index is -0.155. The molecule has 0 saturated heterocycles. The van der Waals surface area contributed by atoms with Gasteiger partial charge >= 0.3 is 5.97 Å². The van der Waals surface area contributed by atoms with Crippen LogP contribution in [0.25, 0.3) is 0 Å². The largest absolute Gasteiger partial charge is 0.462 e. The topological polar surface area (TPSA) is 43.4 Å². The normalized spacial score (nSPS) is 43.4. The standard InChI is InChI=1S/C24H34O3/c1-14-12-18-20-7-6-19(15(2)25)23(20,4)11-9-21(18)24(5)10-8-17(13-22(14)24)27-16(3)26/h6,17-18,20-21H,7-13H2,1-5H3/t17-,18-,20-,21-,23+,24-/m1/s1. The van der Waals surface area contributed by atoms with E-state index in [1.165, 1.54) is 18.9 Å². The molecule has 0 unspecified atom stereocenters. The van der Waals surface area contributed by atoms with Crippen molar-refractivity contribution in [3.8, 4) is 0 Å². The van der Waals surface area contributed by atoms with Crippen LogP contribution in [0.3, 0.4) is 0 Å². The predicted octanol–water partition coefficient (Wildman–Crippen LogP) is 5.40. The first-order valence-corrected chi connectivity index (χ1v) is 10.7. The second-order valence-electron chi connectivity index (χ2n) is 10.1. The van der Waals surface area contributed by atoms with Gasteiger partial charge in [0.15, 0.2) is 5.78 Å². The van der Waals surface area contributed by atoms with E-state index in [2.05, 4.69) is 26.8 Å². The minimum absolute atomic E-state index is 0.0587. The zero-order valence-electron chi connectivity index (χ0n) is 17.6. The number of hydrogen-bond acceptors (Lipinski definition) is 3. The molecule has 3 heteroatoms. The van der Waals surface area contributed by atoms with E-state index in [0.29, 0.717) is 17.8 Å². The molecule has 0 aromatic carbocycles. The van der Waals surface area contributed by atoms with Crippen molar-refractivity contribution in [1.29, 1.82) is 0 Å². The summed E-state index contributed by atoms with van der Waals surface area (Å²) in [5.74, 6) is 2.10. The molecule has 6 atom stereocenters. The molecule has 2 fully saturated rings. The van der Waals surface area contributed by atoms with Crippen molar-refractivity contribution in [3.05, 3.63) is 22.8 Å². The Hall–Kier alpha value is -1.38. The third-order valence-electron chi connectivity index (χ3n) is 8.71. The summed E-state index contributed by atoms with van der Waals surface area (Å²) in [6.07, 6.45) is 9.91. The number of ketones is 1. The zero-order valence-corrected chi connectivity index (χ0v) is 17.6. The predicted molar refractivity (Wildman–Crippen MR) is 106 cm³/mol. The van der Waals surface area contributed by atoms with Crippen LogP contribution in [0.15, 0.2) is 22.8 Å². The Morgan fingerprint density at radius 3 is 2.41 bits per heavy atom. The first-order valence-electron chi connectivity index (χ1n) is 10.7. The monoisotopic (exact) mass is 370 g/mol. The van der Waals surface area contributed by atoms with Gasteiger partial charge in [-0.25, -0.2) is 0 Å². The maximum absolute atomic E-state index is 12.2. The lowest BCUT2D eigenvalue weighted by Crippen LogP contribution is -2.51. The average molecular weight is 371 g/mol. The van der Waals surface area contributed by atoms with Crippen LogP contribution in [0.4, 0.5) is 0 Å². The van der Waals surface area contributed by atoms with Crippen molar-refractivity contribution in [2.45, 2.75) is 85.7 Å². The Balaban J connectivity index is 1.64. The number of ether oxygens (including phenoxy) is 1. The summed E-state index contributed by atoms with van der Waals surface area (Å²) < 4.78 is 5.58. The van der Waals surface area contributed by atoms with Gasteiger partial charge in [-0.15, -0.1) is 0 Å². The molecule has 0 bridgehead atoms. The van der Waals surface area contributed by atoms with Crippen molar-refractivity contribution in [3.63, 3.8) is 0 Å². The molecule has 148 valence electrons. The molecule has 0 aromatic heterocycles. The summed E-state index contributed by atoms with van der Waals surface area (Å²) in [5.41, 5.74) is 4.51. The highest BCUT2D eigenvalue weighted by Gasteiger charge is 2.58. The smallest absolute Gasteiger partial charge is 0.302 e. The number of Topliss-reactive ketones (excluding diaryl/α,β-unsaturated/α-hetero) is 1. The number of allylic oxidation sites excluding steroid dienone is 3. The van der Waals surface area contributed by atoms with Crippen molar-refractivity contribution in [1.82, 2.24) is 0 Å². The summed E-state index contributed by atoms with van der Waals surface area (Å²) in [7, 11) is 0. The van der Waals surface area contributed by atoms with E-state index in [4.69, 9.17) is 4.74 Å². The summed E-state index contributed by atoms with van der Waals surface area (Å²) in [4.78, 5) is 23.7. The summed E-state index contributed by atoms with van der Waals surface area (Å²) in [6, 6.07) is 0. The van der Waals surface area contributed by atoms with Crippen LogP contribution in [0.1, 0.15) is 79.6 Å². The molecule has 0 heterocycles. The fourth-order valence-corrected chi connectivity index (χ4v) is 7.53. The molecule has 0 aromatic rings. The van der Waals surface area contributed by atoms with Gasteiger partial charge in [0.05, 0.1) is 0 Å². The van der Waals surface area contributed by atoms with Crippen LogP contribution in [-0.4, -0.2) is 17.9 Å². The van der Waals surface area contributed by atoms with E-state index in [1.54, 1.807) is 12.5 Å². The van der Waals surface area contributed by atoms with Gasteiger partial charge in [-0.3, -0.25) is 9.59 Å². The van der Waals surface area contributed by atoms with Gasteiger partial charge in [-0.1, -0.05) is 31.1 Å². The van der Waals surface area contributed by atoms with Gasteiger partial charge in [0, 0.05) is 13.3 Å². The van der Waals surface area contributed by atoms with Gasteiger partial charge in [-0.2, -0.15) is 0 Å². The van der Waals surface area contributed by atoms with Gasteiger partial charge in [0.1, 0.15) is 6.10 Å². The lowest BCUT2D eigenvalue weighted by Gasteiger charge is -2.58. The Morgan fingerprint density at radius 2 is 1.74 bits per heavy atom. The van der Waals surface area contributed by atoms with Gasteiger partial charge < -0.3 is 4.74 Å². The van der Waals surface area contributed by atoms with Crippen LogP contribution in [-0.2, 0) is 14.3 Å². The zero-order chi connectivity index (χ0) is 19.6. The maximum atomic E-state index is 12.2. The second kappa shape index (κ2) is 6.32. The Kier molecular flexibility index (Phi) is 4.44. The van der Waals surface area contributed by atoms with Crippen LogP contribution < -0.4 is 0 Å². The maximum Gasteiger partial charge on any atom is 0.302 e. The Bertz CT molecular complexity index is 745. The summed E-state index contributed by atoms with van der Waals surface area (Å²) in [5, 5.41) is 0. The van der Waals surface area contributed by atoms with E-state index < -0.39 is 0 Å². The highest BCUT2D eigenvalue weighted by atomic mass is 16.5. The number of rotatable bonds is 2. The Labute approximate surface area is 163 Å². The molecule has 4 aliphatic carbocycles. The van der Waals surface area contributed by atoms with Crippen LogP contribution >= 0.6 is 0 Å². The molecule has 0 amide bonds. The third kappa shape index (κ3) is 2.76. The molecule has 3 nitrogen and oxygen atoms in total. The van der Waals surface area contributed by atoms with Crippen molar-refractivity contribution in [2.24, 2.45) is 28.6 Å². The highest BCUT2D eigenvalue weighted by Crippen LogP contribution is 2.66. The van der Waals surface area contributed by atoms with Crippen LogP contribution in [0.5, 0.6) is 0 Å². The molecular formula is C24H34O3. The molecule has 4 aliphatic rings. The third-order valence-corrected chi connectivity index (χ3v) is 8.71. The number of hydrogen-bond donors (Lipinski definition) is 0. The fourth-order valence-electron chi connectivity index (χ4n) is 7.53. The van der Waals surface area contributed by atoms with Crippen molar-refractivity contribution in [2.75, 3.05) is 0 Å². The van der Waals surface area contributed by atoms with E-state index >= 15 is 0 Å². The van der Waals surface area contributed by atoms with Crippen LogP contribution in [0.2, 0.25) is 0 Å². The van der Waals surface area contributed by atoms with E-state index in [0.717, 1.165) is 44.1 Å². The highest BCUT2D eigenvalue weighted by molar-refractivity contribution is 5.95. The first kappa shape index (κ1) is 19.0. The minimum Gasteiger partial charge on any atom is -0.462 e. The quantitative estimate of drug-likeness (QED) is 0.483. The average Bonchev–Trinajstić information content (AvgIpc) is 2.93. The van der Waals surface area contributed by atoms with E-state index in [9.17, 15) is 9.59 Å². The lowest BCUT2D eigenvalue weighted by atomic mass is 9.46. The molecule has 0 N–H and O–H groups in total. The number of carbonyl (C=O) groups excluding carboxylic acids is 2. The molecule has 0 aliphatic heterocycles. The molecule has 27 heavy (non-hydrogen) atoms. The van der Waals surface area contributed by atoms with Gasteiger partial charge in [0.2, 0.25) is 0 Å². The summed E-state index contributed by atoms with van der Waals surface area (Å²) in [6.45, 7) is 10.4. The molecule has 0 spiro atoms. The van der Waals surface area contributed by atoms with E-state index in [-0.39, 0.29) is 28.7 Å². The number of esters is 1. The second-order valence-corrected chi connectivity index (χ2v) is 10.1. The van der Waals surface area contributed by atoms with Crippen LogP contribution in [0, 0.1) is 28.6 Å².